The first-order chi connectivity index (χ1) is 10.6. The van der Waals surface area contributed by atoms with Gasteiger partial charge in [0.25, 0.3) is 0 Å². The molecule has 0 bridgehead atoms. The van der Waals surface area contributed by atoms with Crippen molar-refractivity contribution in [2.75, 3.05) is 26.3 Å². The van der Waals surface area contributed by atoms with E-state index in [1.54, 1.807) is 0 Å². The zero-order chi connectivity index (χ0) is 15.9. The second-order valence-electron chi connectivity index (χ2n) is 7.52. The number of halogens is 1. The molecule has 1 amide bonds. The van der Waals surface area contributed by atoms with E-state index in [4.69, 9.17) is 10.5 Å². The molecule has 0 radical (unpaired) electrons. The highest BCUT2D eigenvalue weighted by molar-refractivity contribution is 5.85. The first-order valence-corrected chi connectivity index (χ1v) is 9.18. The molecule has 0 aromatic rings. The van der Waals surface area contributed by atoms with Crippen LogP contribution in [-0.2, 0) is 9.53 Å². The lowest BCUT2D eigenvalue weighted by atomic mass is 9.66. The number of ether oxygens (including phenoxy) is 1. The van der Waals surface area contributed by atoms with Crippen LogP contribution in [0, 0.1) is 10.8 Å². The lowest BCUT2D eigenvalue weighted by Crippen LogP contribution is -2.45. The van der Waals surface area contributed by atoms with Crippen LogP contribution in [0.4, 0.5) is 0 Å². The molecule has 4 nitrogen and oxygen atoms in total. The maximum atomic E-state index is 12.4. The second-order valence-corrected chi connectivity index (χ2v) is 7.52. The summed E-state index contributed by atoms with van der Waals surface area (Å²) in [7, 11) is 0. The summed E-state index contributed by atoms with van der Waals surface area (Å²) in [5, 5.41) is 3.21. The minimum Gasteiger partial charge on any atom is -0.382 e. The Balaban J connectivity index is 0.00000264. The van der Waals surface area contributed by atoms with Crippen molar-refractivity contribution in [2.24, 2.45) is 16.6 Å². The molecular weight excluding hydrogens is 312 g/mol. The van der Waals surface area contributed by atoms with Crippen molar-refractivity contribution in [3.05, 3.63) is 0 Å². The third-order valence-electron chi connectivity index (χ3n) is 5.94. The molecule has 2 fully saturated rings. The molecule has 2 rings (SSSR count). The first-order valence-electron chi connectivity index (χ1n) is 9.18. The van der Waals surface area contributed by atoms with Crippen molar-refractivity contribution in [3.8, 4) is 0 Å². The van der Waals surface area contributed by atoms with Crippen LogP contribution in [-0.4, -0.2) is 32.2 Å². The maximum Gasteiger partial charge on any atom is 0.220 e. The lowest BCUT2D eigenvalue weighted by Gasteiger charge is -2.42. The van der Waals surface area contributed by atoms with Gasteiger partial charge in [-0.2, -0.15) is 0 Å². The van der Waals surface area contributed by atoms with Gasteiger partial charge in [-0.05, 0) is 56.4 Å². The van der Waals surface area contributed by atoms with Crippen LogP contribution in [0.5, 0.6) is 0 Å². The van der Waals surface area contributed by atoms with Crippen LogP contribution in [0.3, 0.4) is 0 Å². The second kappa shape index (κ2) is 9.85. The van der Waals surface area contributed by atoms with Crippen molar-refractivity contribution < 1.29 is 9.53 Å². The van der Waals surface area contributed by atoms with Gasteiger partial charge in [0.2, 0.25) is 5.91 Å². The van der Waals surface area contributed by atoms with Crippen molar-refractivity contribution in [1.29, 1.82) is 0 Å². The van der Waals surface area contributed by atoms with Crippen molar-refractivity contribution >= 4 is 18.3 Å². The Hall–Kier alpha value is -0.320. The molecule has 5 heteroatoms. The Morgan fingerprint density at radius 3 is 2.26 bits per heavy atom. The normalized spacial score (nSPS) is 21.8. The van der Waals surface area contributed by atoms with Gasteiger partial charge in [0.15, 0.2) is 0 Å². The molecule has 0 saturated heterocycles. The zero-order valence-corrected chi connectivity index (χ0v) is 15.5. The SMILES string of the molecule is CCOCCC1(CNC(=O)CC2(CN)CCCCC2)CCC1.Cl. The number of carbonyl (C=O) groups excluding carboxylic acids is 1. The topological polar surface area (TPSA) is 64.3 Å². The molecule has 3 N–H and O–H groups in total. The van der Waals surface area contributed by atoms with Gasteiger partial charge in [0, 0.05) is 26.2 Å². The molecule has 136 valence electrons. The van der Waals surface area contributed by atoms with E-state index in [1.165, 1.54) is 38.5 Å². The molecule has 0 heterocycles. The van der Waals surface area contributed by atoms with Crippen LogP contribution < -0.4 is 11.1 Å². The Bertz CT molecular complexity index is 353. The molecule has 2 aliphatic rings. The summed E-state index contributed by atoms with van der Waals surface area (Å²) in [5.41, 5.74) is 6.36. The van der Waals surface area contributed by atoms with E-state index < -0.39 is 0 Å². The molecule has 0 atom stereocenters. The van der Waals surface area contributed by atoms with E-state index in [9.17, 15) is 4.79 Å². The van der Waals surface area contributed by atoms with Gasteiger partial charge in [0.05, 0.1) is 0 Å². The number of nitrogens with two attached hydrogens (primary N) is 1. The van der Waals surface area contributed by atoms with E-state index in [0.29, 0.717) is 18.4 Å². The number of hydrogen-bond acceptors (Lipinski definition) is 3. The molecule has 2 aliphatic carbocycles. The molecule has 0 aromatic heterocycles. The Labute approximate surface area is 147 Å². The predicted molar refractivity (Wildman–Crippen MR) is 96.8 cm³/mol. The molecule has 2 saturated carbocycles. The Kier molecular flexibility index (Phi) is 8.88. The van der Waals surface area contributed by atoms with Gasteiger partial charge >= 0.3 is 0 Å². The highest BCUT2D eigenvalue weighted by Crippen LogP contribution is 2.43. The fraction of sp³-hybridized carbons (Fsp3) is 0.944. The fourth-order valence-electron chi connectivity index (χ4n) is 4.07. The molecule has 0 aromatic carbocycles. The Morgan fingerprint density at radius 1 is 1.09 bits per heavy atom. The lowest BCUT2D eigenvalue weighted by molar-refractivity contribution is -0.125. The largest absolute Gasteiger partial charge is 0.382 e. The fourth-order valence-corrected chi connectivity index (χ4v) is 4.07. The van der Waals surface area contributed by atoms with Gasteiger partial charge in [0.1, 0.15) is 0 Å². The summed E-state index contributed by atoms with van der Waals surface area (Å²) in [6, 6.07) is 0. The van der Waals surface area contributed by atoms with Crippen LogP contribution in [0.2, 0.25) is 0 Å². The summed E-state index contributed by atoms with van der Waals surface area (Å²) in [4.78, 5) is 12.4. The van der Waals surface area contributed by atoms with Gasteiger partial charge < -0.3 is 15.8 Å². The van der Waals surface area contributed by atoms with Crippen molar-refractivity contribution in [3.63, 3.8) is 0 Å². The number of amides is 1. The van der Waals surface area contributed by atoms with E-state index in [0.717, 1.165) is 39.0 Å². The van der Waals surface area contributed by atoms with Crippen molar-refractivity contribution in [2.45, 2.75) is 71.1 Å². The number of carbonyl (C=O) groups is 1. The third kappa shape index (κ3) is 5.91. The standard InChI is InChI=1S/C18H34N2O2.ClH/c1-2-22-12-11-17(9-6-10-17)15-20-16(21)13-18(14-19)7-4-3-5-8-18;/h2-15,19H2,1H3,(H,20,21);1H. The third-order valence-corrected chi connectivity index (χ3v) is 5.94. The molecule has 23 heavy (non-hydrogen) atoms. The average molecular weight is 347 g/mol. The zero-order valence-electron chi connectivity index (χ0n) is 14.7. The predicted octanol–water partition coefficient (Wildman–Crippen LogP) is 3.42. The van der Waals surface area contributed by atoms with E-state index in [1.807, 2.05) is 6.92 Å². The minimum absolute atomic E-state index is 0. The van der Waals surface area contributed by atoms with E-state index in [-0.39, 0.29) is 23.7 Å². The smallest absolute Gasteiger partial charge is 0.220 e. The highest BCUT2D eigenvalue weighted by atomic mass is 35.5. The summed E-state index contributed by atoms with van der Waals surface area (Å²) in [6.45, 7) is 5.10. The van der Waals surface area contributed by atoms with Gasteiger partial charge in [-0.15, -0.1) is 12.4 Å². The van der Waals surface area contributed by atoms with Crippen LogP contribution in [0.25, 0.3) is 0 Å². The van der Waals surface area contributed by atoms with E-state index >= 15 is 0 Å². The highest BCUT2D eigenvalue weighted by Gasteiger charge is 2.38. The van der Waals surface area contributed by atoms with Crippen LogP contribution >= 0.6 is 12.4 Å². The monoisotopic (exact) mass is 346 g/mol. The van der Waals surface area contributed by atoms with Gasteiger partial charge in [-0.1, -0.05) is 25.7 Å². The maximum absolute atomic E-state index is 12.4. The molecule has 0 unspecified atom stereocenters. The first kappa shape index (κ1) is 20.7. The average Bonchev–Trinajstić information content (AvgIpc) is 2.50. The summed E-state index contributed by atoms with van der Waals surface area (Å²) >= 11 is 0. The quantitative estimate of drug-likeness (QED) is 0.629. The molecule has 0 spiro atoms. The van der Waals surface area contributed by atoms with Gasteiger partial charge in [-0.25, -0.2) is 0 Å². The molecule has 0 aliphatic heterocycles. The van der Waals surface area contributed by atoms with Gasteiger partial charge in [-0.3, -0.25) is 4.79 Å². The minimum atomic E-state index is 0. The van der Waals surface area contributed by atoms with Crippen LogP contribution in [0.1, 0.15) is 71.1 Å². The number of nitrogens with one attached hydrogen (secondary N) is 1. The summed E-state index contributed by atoms with van der Waals surface area (Å²) in [5.74, 6) is 0.204. The van der Waals surface area contributed by atoms with E-state index in [2.05, 4.69) is 5.32 Å². The summed E-state index contributed by atoms with van der Waals surface area (Å²) in [6.07, 6.45) is 11.4. The summed E-state index contributed by atoms with van der Waals surface area (Å²) < 4.78 is 5.50. The van der Waals surface area contributed by atoms with Crippen molar-refractivity contribution in [1.82, 2.24) is 5.32 Å². The molecular formula is C18H35ClN2O2. The van der Waals surface area contributed by atoms with Crippen LogP contribution in [0.15, 0.2) is 0 Å². The number of rotatable bonds is 9. The number of hydrogen-bond donors (Lipinski definition) is 2. The Morgan fingerprint density at radius 2 is 1.74 bits per heavy atom.